The molecule has 0 radical (unpaired) electrons. The molecule has 2 aliphatic rings. The van der Waals surface area contributed by atoms with Gasteiger partial charge >= 0.3 is 0 Å². The fraction of sp³-hybridized carbons (Fsp3) is 0.375. The number of carbonyl (C=O) groups is 2. The molecular formula is C16H17NO4. The minimum Gasteiger partial charge on any atom is -0.379 e. The van der Waals surface area contributed by atoms with Crippen LogP contribution in [0, 0.1) is 0 Å². The first-order chi connectivity index (χ1) is 10.3. The fourth-order valence-corrected chi connectivity index (χ4v) is 2.37. The number of carbonyl (C=O) groups excluding carboxylic acids is 2. The van der Waals surface area contributed by atoms with Crippen molar-refractivity contribution in [1.82, 2.24) is 5.32 Å². The summed E-state index contributed by atoms with van der Waals surface area (Å²) < 4.78 is 10.5. The lowest BCUT2D eigenvalue weighted by atomic mass is 9.99. The maximum atomic E-state index is 11.9. The summed E-state index contributed by atoms with van der Waals surface area (Å²) in [6.07, 6.45) is 1.49. The van der Waals surface area contributed by atoms with Gasteiger partial charge in [0.05, 0.1) is 18.8 Å². The summed E-state index contributed by atoms with van der Waals surface area (Å²) in [5.74, 6) is -0.599. The van der Waals surface area contributed by atoms with E-state index in [0.717, 1.165) is 12.2 Å². The molecule has 0 aromatic heterocycles. The number of benzene rings is 1. The first-order valence-electron chi connectivity index (χ1n) is 7.09. The van der Waals surface area contributed by atoms with E-state index in [9.17, 15) is 9.59 Å². The number of amides is 2. The lowest BCUT2D eigenvalue weighted by Crippen LogP contribution is -2.23. The zero-order valence-corrected chi connectivity index (χ0v) is 11.6. The number of imide groups is 1. The summed E-state index contributed by atoms with van der Waals surface area (Å²) in [7, 11) is 0. The summed E-state index contributed by atoms with van der Waals surface area (Å²) >= 11 is 0. The summed E-state index contributed by atoms with van der Waals surface area (Å²) in [4.78, 5) is 23.8. The average molecular weight is 287 g/mol. The number of nitrogens with one attached hydrogen (secondary N) is 1. The van der Waals surface area contributed by atoms with E-state index in [4.69, 9.17) is 9.47 Å². The van der Waals surface area contributed by atoms with Crippen molar-refractivity contribution < 1.29 is 19.1 Å². The smallest absolute Gasteiger partial charge is 0.259 e. The molecule has 1 saturated heterocycles. The minimum absolute atomic E-state index is 0.250. The van der Waals surface area contributed by atoms with E-state index in [0.29, 0.717) is 37.2 Å². The highest BCUT2D eigenvalue weighted by molar-refractivity contribution is 6.35. The van der Waals surface area contributed by atoms with Gasteiger partial charge in [-0.2, -0.15) is 0 Å². The Balaban J connectivity index is 1.64. The maximum Gasteiger partial charge on any atom is 0.259 e. The van der Waals surface area contributed by atoms with Gasteiger partial charge < -0.3 is 9.47 Å². The van der Waals surface area contributed by atoms with Crippen LogP contribution in [0.2, 0.25) is 0 Å². The molecule has 2 heterocycles. The monoisotopic (exact) mass is 287 g/mol. The Morgan fingerprint density at radius 1 is 1.19 bits per heavy atom. The van der Waals surface area contributed by atoms with Gasteiger partial charge in [-0.25, -0.2) is 0 Å². The molecule has 1 atom stereocenters. The second kappa shape index (κ2) is 6.20. The Morgan fingerprint density at radius 2 is 1.95 bits per heavy atom. The third-order valence-electron chi connectivity index (χ3n) is 3.51. The van der Waals surface area contributed by atoms with Gasteiger partial charge in [0, 0.05) is 12.2 Å². The zero-order chi connectivity index (χ0) is 14.7. The van der Waals surface area contributed by atoms with Gasteiger partial charge in [0.2, 0.25) is 0 Å². The zero-order valence-electron chi connectivity index (χ0n) is 11.6. The van der Waals surface area contributed by atoms with Crippen molar-refractivity contribution in [1.29, 1.82) is 0 Å². The maximum absolute atomic E-state index is 11.9. The summed E-state index contributed by atoms with van der Waals surface area (Å²) in [6, 6.07) is 9.28. The van der Waals surface area contributed by atoms with Crippen LogP contribution >= 0.6 is 0 Å². The third-order valence-corrected chi connectivity index (χ3v) is 3.51. The SMILES string of the molecule is O=C1NC(=O)C(c2ccccc2)=C1CCCOCC1CO1. The molecule has 1 aromatic rings. The van der Waals surface area contributed by atoms with Crippen molar-refractivity contribution in [3.63, 3.8) is 0 Å². The van der Waals surface area contributed by atoms with Gasteiger partial charge in [-0.1, -0.05) is 30.3 Å². The van der Waals surface area contributed by atoms with E-state index in [2.05, 4.69) is 5.32 Å². The molecule has 2 aliphatic heterocycles. The molecule has 0 bridgehead atoms. The molecule has 1 aromatic carbocycles. The summed E-state index contributed by atoms with van der Waals surface area (Å²) in [6.45, 7) is 1.95. The van der Waals surface area contributed by atoms with E-state index in [1.807, 2.05) is 30.3 Å². The molecule has 110 valence electrons. The van der Waals surface area contributed by atoms with Gasteiger partial charge in [-0.05, 0) is 18.4 Å². The topological polar surface area (TPSA) is 67.9 Å². The highest BCUT2D eigenvalue weighted by Gasteiger charge is 2.30. The average Bonchev–Trinajstić information content (AvgIpc) is 3.26. The molecule has 5 heteroatoms. The predicted molar refractivity (Wildman–Crippen MR) is 76.3 cm³/mol. The summed E-state index contributed by atoms with van der Waals surface area (Å²) in [5.41, 5.74) is 1.83. The van der Waals surface area contributed by atoms with E-state index in [1.165, 1.54) is 0 Å². The molecule has 5 nitrogen and oxygen atoms in total. The number of epoxide rings is 1. The molecule has 1 fully saturated rings. The first-order valence-corrected chi connectivity index (χ1v) is 7.09. The van der Waals surface area contributed by atoms with Crippen molar-refractivity contribution in [2.75, 3.05) is 19.8 Å². The van der Waals surface area contributed by atoms with Crippen molar-refractivity contribution in [3.05, 3.63) is 41.5 Å². The molecule has 3 rings (SSSR count). The Morgan fingerprint density at radius 3 is 2.67 bits per heavy atom. The Kier molecular flexibility index (Phi) is 4.13. The van der Waals surface area contributed by atoms with Crippen LogP contribution in [-0.4, -0.2) is 37.7 Å². The molecule has 0 aliphatic carbocycles. The van der Waals surface area contributed by atoms with Crippen molar-refractivity contribution >= 4 is 17.4 Å². The van der Waals surface area contributed by atoms with Crippen LogP contribution in [0.25, 0.3) is 5.57 Å². The minimum atomic E-state index is -0.312. The molecule has 1 unspecified atom stereocenters. The van der Waals surface area contributed by atoms with Crippen LogP contribution in [0.15, 0.2) is 35.9 Å². The largest absolute Gasteiger partial charge is 0.379 e. The van der Waals surface area contributed by atoms with Gasteiger partial charge in [0.15, 0.2) is 0 Å². The van der Waals surface area contributed by atoms with Crippen LogP contribution in [-0.2, 0) is 19.1 Å². The van der Waals surface area contributed by atoms with Gasteiger partial charge in [-0.15, -0.1) is 0 Å². The van der Waals surface area contributed by atoms with Gasteiger partial charge in [0.25, 0.3) is 11.8 Å². The lowest BCUT2D eigenvalue weighted by molar-refractivity contribution is -0.123. The van der Waals surface area contributed by atoms with Crippen molar-refractivity contribution in [3.8, 4) is 0 Å². The van der Waals surface area contributed by atoms with Gasteiger partial charge in [-0.3, -0.25) is 14.9 Å². The predicted octanol–water partition coefficient (Wildman–Crippen LogP) is 1.29. The first kappa shape index (κ1) is 14.0. The molecule has 2 amide bonds. The Labute approximate surface area is 122 Å². The number of hydrogen-bond donors (Lipinski definition) is 1. The quantitative estimate of drug-likeness (QED) is 0.466. The van der Waals surface area contributed by atoms with Crippen LogP contribution in [0.3, 0.4) is 0 Å². The van der Waals surface area contributed by atoms with Crippen LogP contribution in [0.4, 0.5) is 0 Å². The highest BCUT2D eigenvalue weighted by Crippen LogP contribution is 2.26. The van der Waals surface area contributed by atoms with Gasteiger partial charge in [0.1, 0.15) is 6.10 Å². The normalized spacial score (nSPS) is 20.9. The Hall–Kier alpha value is -1.98. The van der Waals surface area contributed by atoms with E-state index in [1.54, 1.807) is 0 Å². The highest BCUT2D eigenvalue weighted by atomic mass is 16.6. The van der Waals surface area contributed by atoms with Crippen molar-refractivity contribution in [2.45, 2.75) is 18.9 Å². The number of hydrogen-bond acceptors (Lipinski definition) is 4. The lowest BCUT2D eigenvalue weighted by Gasteiger charge is -2.05. The standard InChI is InChI=1S/C16H17NO4/c18-15-13(7-4-8-20-9-12-10-21-12)14(16(19)17-15)11-5-2-1-3-6-11/h1-3,5-6,12H,4,7-10H2,(H,17,18,19). The third kappa shape index (κ3) is 3.37. The van der Waals surface area contributed by atoms with E-state index in [-0.39, 0.29) is 17.9 Å². The molecule has 0 spiro atoms. The van der Waals surface area contributed by atoms with Crippen molar-refractivity contribution in [2.24, 2.45) is 0 Å². The second-order valence-corrected chi connectivity index (χ2v) is 5.14. The second-order valence-electron chi connectivity index (χ2n) is 5.14. The van der Waals surface area contributed by atoms with E-state index < -0.39 is 0 Å². The molecule has 0 saturated carbocycles. The number of rotatable bonds is 7. The fourth-order valence-electron chi connectivity index (χ4n) is 2.37. The molecule has 21 heavy (non-hydrogen) atoms. The number of ether oxygens (including phenoxy) is 2. The van der Waals surface area contributed by atoms with E-state index >= 15 is 0 Å². The molecule has 1 N–H and O–H groups in total. The van der Waals surface area contributed by atoms with Crippen LogP contribution < -0.4 is 5.32 Å². The van der Waals surface area contributed by atoms with Crippen LogP contribution in [0.5, 0.6) is 0 Å². The Bertz CT molecular complexity index is 575. The summed E-state index contributed by atoms with van der Waals surface area (Å²) in [5, 5.41) is 2.37. The van der Waals surface area contributed by atoms with Crippen LogP contribution in [0.1, 0.15) is 18.4 Å². The molecular weight excluding hydrogens is 270 g/mol.